The lowest BCUT2D eigenvalue weighted by Gasteiger charge is -2.11. The Kier molecular flexibility index (Phi) is 4.20. The number of benzene rings is 1. The lowest BCUT2D eigenvalue weighted by molar-refractivity contribution is 0.0858. The lowest BCUT2D eigenvalue weighted by Crippen LogP contribution is -2.31. The number of rotatable bonds is 5. The molecule has 1 atom stereocenters. The highest BCUT2D eigenvalue weighted by molar-refractivity contribution is 5.94. The normalized spacial score (nSPS) is 17.8. The van der Waals surface area contributed by atoms with Crippen LogP contribution in [0.4, 0.5) is 0 Å². The monoisotopic (exact) mass is 287 g/mol. The maximum Gasteiger partial charge on any atom is 0.251 e. The summed E-state index contributed by atoms with van der Waals surface area (Å²) >= 11 is 0. The molecule has 7 nitrogen and oxygen atoms in total. The first-order valence-corrected chi connectivity index (χ1v) is 7.01. The van der Waals surface area contributed by atoms with Crippen molar-refractivity contribution in [3.05, 3.63) is 41.7 Å². The van der Waals surface area contributed by atoms with Crippen LogP contribution in [0, 0.1) is 0 Å². The Hall–Kier alpha value is -2.28. The Morgan fingerprint density at radius 2 is 2.24 bits per heavy atom. The highest BCUT2D eigenvalue weighted by Gasteiger charge is 2.16. The minimum atomic E-state index is -0.0699. The van der Waals surface area contributed by atoms with Gasteiger partial charge < -0.3 is 10.1 Å². The van der Waals surface area contributed by atoms with Gasteiger partial charge >= 0.3 is 0 Å². The summed E-state index contributed by atoms with van der Waals surface area (Å²) < 4.78 is 7.11. The molecule has 0 spiro atoms. The van der Waals surface area contributed by atoms with Crippen LogP contribution in [-0.2, 0) is 11.3 Å². The predicted molar refractivity (Wildman–Crippen MR) is 74.7 cm³/mol. The topological polar surface area (TPSA) is 81.9 Å². The average Bonchev–Trinajstić information content (AvgIpc) is 3.19. The summed E-state index contributed by atoms with van der Waals surface area (Å²) in [6.45, 7) is 1.96. The van der Waals surface area contributed by atoms with Crippen LogP contribution in [0.2, 0.25) is 0 Å². The zero-order valence-electron chi connectivity index (χ0n) is 11.6. The van der Waals surface area contributed by atoms with E-state index in [1.165, 1.54) is 0 Å². The van der Waals surface area contributed by atoms with Gasteiger partial charge in [-0.3, -0.25) is 4.79 Å². The molecule has 1 aliphatic rings. The van der Waals surface area contributed by atoms with Crippen LogP contribution in [0.1, 0.15) is 28.8 Å². The van der Waals surface area contributed by atoms with Crippen molar-refractivity contribution in [2.24, 2.45) is 0 Å². The van der Waals surface area contributed by atoms with Crippen molar-refractivity contribution >= 4 is 5.91 Å². The third-order valence-electron chi connectivity index (χ3n) is 3.47. The van der Waals surface area contributed by atoms with Crippen molar-refractivity contribution in [3.8, 4) is 0 Å². The molecule has 0 bridgehead atoms. The number of hydrogen-bond acceptors (Lipinski definition) is 5. The fraction of sp³-hybridized carbons (Fsp3) is 0.429. The van der Waals surface area contributed by atoms with E-state index in [0.29, 0.717) is 18.7 Å². The van der Waals surface area contributed by atoms with Gasteiger partial charge in [0, 0.05) is 18.7 Å². The number of carbonyl (C=O) groups is 1. The number of amides is 1. The van der Waals surface area contributed by atoms with Gasteiger partial charge in [-0.2, -0.15) is 0 Å². The molecule has 0 aliphatic carbocycles. The molecule has 110 valence electrons. The summed E-state index contributed by atoms with van der Waals surface area (Å²) in [5.74, 6) is -0.0699. The third-order valence-corrected chi connectivity index (χ3v) is 3.47. The average molecular weight is 287 g/mol. The zero-order chi connectivity index (χ0) is 14.5. The number of aromatic nitrogens is 4. The standard InChI is InChI=1S/C14H17N5O2/c20-14(15-8-13-2-1-7-21-13)12-5-3-11(4-6-12)9-19-10-16-17-18-19/h3-6,10,13H,1-2,7-9H2,(H,15,20)/t13-/m0/s1. The maximum absolute atomic E-state index is 12.0. The van der Waals surface area contributed by atoms with Gasteiger partial charge in [0.15, 0.2) is 0 Å². The van der Waals surface area contributed by atoms with Crippen LogP contribution in [0.15, 0.2) is 30.6 Å². The molecule has 0 saturated carbocycles. The second kappa shape index (κ2) is 6.45. The highest BCUT2D eigenvalue weighted by atomic mass is 16.5. The summed E-state index contributed by atoms with van der Waals surface area (Å²) in [6.07, 6.45) is 3.81. The van der Waals surface area contributed by atoms with E-state index in [0.717, 1.165) is 25.0 Å². The Balaban J connectivity index is 1.54. The molecule has 1 aliphatic heterocycles. The molecule has 0 radical (unpaired) electrons. The molecular formula is C14H17N5O2. The molecule has 2 aromatic rings. The van der Waals surface area contributed by atoms with E-state index in [4.69, 9.17) is 4.74 Å². The van der Waals surface area contributed by atoms with E-state index >= 15 is 0 Å². The number of nitrogens with zero attached hydrogens (tertiary/aromatic N) is 4. The van der Waals surface area contributed by atoms with Gasteiger partial charge in [-0.05, 0) is 41.0 Å². The van der Waals surface area contributed by atoms with E-state index in [9.17, 15) is 4.79 Å². The summed E-state index contributed by atoms with van der Waals surface area (Å²) in [5.41, 5.74) is 1.69. The Bertz CT molecular complexity index is 576. The first-order valence-electron chi connectivity index (χ1n) is 7.01. The van der Waals surface area contributed by atoms with Gasteiger partial charge in [0.25, 0.3) is 5.91 Å². The van der Waals surface area contributed by atoms with Gasteiger partial charge in [0.2, 0.25) is 0 Å². The molecule has 1 aromatic heterocycles. The summed E-state index contributed by atoms with van der Waals surface area (Å²) in [5, 5.41) is 13.9. The molecule has 1 aromatic carbocycles. The van der Waals surface area contributed by atoms with Crippen molar-refractivity contribution in [1.82, 2.24) is 25.5 Å². The minimum absolute atomic E-state index is 0.0699. The molecular weight excluding hydrogens is 270 g/mol. The second-order valence-corrected chi connectivity index (χ2v) is 5.05. The fourth-order valence-electron chi connectivity index (χ4n) is 2.32. The number of nitrogens with one attached hydrogen (secondary N) is 1. The van der Waals surface area contributed by atoms with E-state index in [1.807, 2.05) is 24.3 Å². The van der Waals surface area contributed by atoms with Gasteiger partial charge in [-0.15, -0.1) is 5.10 Å². The molecule has 3 rings (SSSR count). The quantitative estimate of drug-likeness (QED) is 0.872. The van der Waals surface area contributed by atoms with Crippen LogP contribution in [0.25, 0.3) is 0 Å². The SMILES string of the molecule is O=C(NC[C@@H]1CCCO1)c1ccc(Cn2cnnn2)cc1. The molecule has 0 unspecified atom stereocenters. The largest absolute Gasteiger partial charge is 0.376 e. The van der Waals surface area contributed by atoms with Crippen molar-refractivity contribution in [3.63, 3.8) is 0 Å². The molecule has 1 N–H and O–H groups in total. The first kappa shape index (κ1) is 13.7. The molecule has 21 heavy (non-hydrogen) atoms. The molecule has 2 heterocycles. The van der Waals surface area contributed by atoms with Crippen LogP contribution >= 0.6 is 0 Å². The van der Waals surface area contributed by atoms with E-state index in [2.05, 4.69) is 20.8 Å². The molecule has 1 fully saturated rings. The number of tetrazole rings is 1. The van der Waals surface area contributed by atoms with Crippen LogP contribution in [0.3, 0.4) is 0 Å². The van der Waals surface area contributed by atoms with E-state index in [1.54, 1.807) is 11.0 Å². The Labute approximate surface area is 122 Å². The Morgan fingerprint density at radius 1 is 1.38 bits per heavy atom. The molecule has 1 amide bonds. The predicted octanol–water partition coefficient (Wildman–Crippen LogP) is 0.630. The lowest BCUT2D eigenvalue weighted by atomic mass is 10.1. The highest BCUT2D eigenvalue weighted by Crippen LogP contribution is 2.11. The number of carbonyl (C=O) groups excluding carboxylic acids is 1. The molecule has 7 heteroatoms. The summed E-state index contributed by atoms with van der Waals surface area (Å²) in [4.78, 5) is 12.0. The van der Waals surface area contributed by atoms with Crippen molar-refractivity contribution < 1.29 is 9.53 Å². The van der Waals surface area contributed by atoms with Crippen molar-refractivity contribution in [2.75, 3.05) is 13.2 Å². The first-order chi connectivity index (χ1) is 10.3. The maximum atomic E-state index is 12.0. The van der Waals surface area contributed by atoms with Crippen LogP contribution in [0.5, 0.6) is 0 Å². The fourth-order valence-corrected chi connectivity index (χ4v) is 2.32. The van der Waals surface area contributed by atoms with E-state index in [-0.39, 0.29) is 12.0 Å². The third kappa shape index (κ3) is 3.63. The van der Waals surface area contributed by atoms with E-state index < -0.39 is 0 Å². The van der Waals surface area contributed by atoms with Crippen LogP contribution in [-0.4, -0.2) is 45.4 Å². The van der Waals surface area contributed by atoms with Gasteiger partial charge in [-0.25, -0.2) is 4.68 Å². The summed E-state index contributed by atoms with van der Waals surface area (Å²) in [7, 11) is 0. The van der Waals surface area contributed by atoms with Crippen molar-refractivity contribution in [2.45, 2.75) is 25.5 Å². The smallest absolute Gasteiger partial charge is 0.251 e. The van der Waals surface area contributed by atoms with Gasteiger partial charge in [0.1, 0.15) is 6.33 Å². The number of hydrogen-bond donors (Lipinski definition) is 1. The van der Waals surface area contributed by atoms with Gasteiger partial charge in [-0.1, -0.05) is 12.1 Å². The van der Waals surface area contributed by atoms with Crippen LogP contribution < -0.4 is 5.32 Å². The zero-order valence-corrected chi connectivity index (χ0v) is 11.6. The second-order valence-electron chi connectivity index (χ2n) is 5.05. The van der Waals surface area contributed by atoms with Gasteiger partial charge in [0.05, 0.1) is 12.6 Å². The Morgan fingerprint density at radius 3 is 2.90 bits per heavy atom. The van der Waals surface area contributed by atoms with Crippen molar-refractivity contribution in [1.29, 1.82) is 0 Å². The minimum Gasteiger partial charge on any atom is -0.376 e. The molecule has 1 saturated heterocycles. The summed E-state index contributed by atoms with van der Waals surface area (Å²) in [6, 6.07) is 7.43. The number of ether oxygens (including phenoxy) is 1.